The van der Waals surface area contributed by atoms with Crippen LogP contribution in [0.3, 0.4) is 0 Å². The van der Waals surface area contributed by atoms with E-state index in [1.165, 1.54) is 0 Å². The molecular weight excluding hydrogens is 364 g/mol. The summed E-state index contributed by atoms with van der Waals surface area (Å²) in [7, 11) is 3.26. The minimum atomic E-state index is -0.338. The van der Waals surface area contributed by atoms with Crippen LogP contribution in [-0.2, 0) is 0 Å². The number of hydrogen-bond donors (Lipinski definition) is 0. The molecule has 0 atom stereocenters. The Morgan fingerprint density at radius 2 is 1.45 bits per heavy atom. The third-order valence-corrected chi connectivity index (χ3v) is 4.68. The summed E-state index contributed by atoms with van der Waals surface area (Å²) in [5, 5.41) is 0.869. The van der Waals surface area contributed by atoms with E-state index in [0.717, 1.165) is 33.6 Å². The van der Waals surface area contributed by atoms with Gasteiger partial charge in [-0.1, -0.05) is 48.6 Å². The molecule has 0 aliphatic heterocycles. The van der Waals surface area contributed by atoms with Crippen molar-refractivity contribution in [3.8, 4) is 22.6 Å². The number of hydrogen-bond acceptors (Lipinski definition) is 4. The smallest absolute Gasteiger partial charge is 0.344 e. The van der Waals surface area contributed by atoms with Gasteiger partial charge in [-0.15, -0.1) is 0 Å². The van der Waals surface area contributed by atoms with Gasteiger partial charge in [0.2, 0.25) is 0 Å². The lowest BCUT2D eigenvalue weighted by Crippen LogP contribution is -2.02. The van der Waals surface area contributed by atoms with Crippen molar-refractivity contribution in [2.75, 3.05) is 14.2 Å². The minimum Gasteiger partial charge on any atom is -0.497 e. The quantitative estimate of drug-likeness (QED) is 0.330. The number of methoxy groups -OCH3 is 2. The average molecular weight is 384 g/mol. The van der Waals surface area contributed by atoms with Gasteiger partial charge < -0.3 is 13.9 Å². The van der Waals surface area contributed by atoms with Crippen molar-refractivity contribution in [2.24, 2.45) is 0 Å². The van der Waals surface area contributed by atoms with Crippen molar-refractivity contribution >= 4 is 23.1 Å². The van der Waals surface area contributed by atoms with Gasteiger partial charge in [-0.3, -0.25) is 0 Å². The predicted octanol–water partition coefficient (Wildman–Crippen LogP) is 5.65. The zero-order chi connectivity index (χ0) is 20.2. The van der Waals surface area contributed by atoms with Gasteiger partial charge in [-0.2, -0.15) is 0 Å². The minimum absolute atomic E-state index is 0.338. The standard InChI is InChI=1S/C25H20O4/c1-27-21-13-18(14-22(16-21)28-2)9-8-17-10-11-24-20(12-17)15-23(25(26)29-24)19-6-4-3-5-7-19/h3-16H,1-2H3/b9-8+. The maximum atomic E-state index is 12.3. The van der Waals surface area contributed by atoms with Crippen molar-refractivity contribution in [1.29, 1.82) is 0 Å². The Bertz CT molecular complexity index is 1210. The Hall–Kier alpha value is -3.79. The molecule has 4 rings (SSSR count). The van der Waals surface area contributed by atoms with Crippen LogP contribution in [0.25, 0.3) is 34.2 Å². The first-order valence-corrected chi connectivity index (χ1v) is 9.21. The molecule has 0 saturated carbocycles. The van der Waals surface area contributed by atoms with Gasteiger partial charge in [0.15, 0.2) is 0 Å². The molecule has 29 heavy (non-hydrogen) atoms. The van der Waals surface area contributed by atoms with E-state index in [2.05, 4.69) is 0 Å². The molecule has 0 spiro atoms. The number of rotatable bonds is 5. The first-order chi connectivity index (χ1) is 14.2. The summed E-state index contributed by atoms with van der Waals surface area (Å²) in [4.78, 5) is 12.3. The lowest BCUT2D eigenvalue weighted by molar-refractivity contribution is 0.394. The van der Waals surface area contributed by atoms with Gasteiger partial charge in [0.05, 0.1) is 19.8 Å². The zero-order valence-electron chi connectivity index (χ0n) is 16.2. The molecule has 144 valence electrons. The van der Waals surface area contributed by atoms with Gasteiger partial charge >= 0.3 is 5.63 Å². The molecule has 0 bridgehead atoms. The van der Waals surface area contributed by atoms with Crippen molar-refractivity contribution in [3.63, 3.8) is 0 Å². The van der Waals surface area contributed by atoms with Crippen LogP contribution in [0.1, 0.15) is 11.1 Å². The van der Waals surface area contributed by atoms with E-state index in [1.54, 1.807) is 14.2 Å². The third-order valence-electron chi connectivity index (χ3n) is 4.68. The van der Waals surface area contributed by atoms with Crippen LogP contribution in [0.5, 0.6) is 11.5 Å². The normalized spacial score (nSPS) is 11.1. The second-order valence-electron chi connectivity index (χ2n) is 6.59. The van der Waals surface area contributed by atoms with Crippen molar-refractivity contribution < 1.29 is 13.9 Å². The van der Waals surface area contributed by atoms with Crippen LogP contribution in [0.4, 0.5) is 0 Å². The van der Waals surface area contributed by atoms with E-state index in [9.17, 15) is 4.79 Å². The molecule has 0 unspecified atom stereocenters. The highest BCUT2D eigenvalue weighted by atomic mass is 16.5. The molecule has 4 heteroatoms. The zero-order valence-corrected chi connectivity index (χ0v) is 16.2. The van der Waals surface area contributed by atoms with E-state index in [4.69, 9.17) is 13.9 Å². The molecule has 0 aliphatic rings. The summed E-state index contributed by atoms with van der Waals surface area (Å²) < 4.78 is 16.1. The Kier molecular flexibility index (Phi) is 5.16. The highest BCUT2D eigenvalue weighted by Crippen LogP contribution is 2.25. The largest absolute Gasteiger partial charge is 0.497 e. The van der Waals surface area contributed by atoms with Crippen LogP contribution in [0, 0.1) is 0 Å². The Morgan fingerprint density at radius 3 is 2.14 bits per heavy atom. The van der Waals surface area contributed by atoms with E-state index in [1.807, 2.05) is 84.9 Å². The van der Waals surface area contributed by atoms with Crippen molar-refractivity contribution in [2.45, 2.75) is 0 Å². The molecule has 0 radical (unpaired) electrons. The van der Waals surface area contributed by atoms with Gasteiger partial charge in [0.1, 0.15) is 17.1 Å². The maximum Gasteiger partial charge on any atom is 0.344 e. The van der Waals surface area contributed by atoms with E-state index < -0.39 is 0 Å². The lowest BCUT2D eigenvalue weighted by Gasteiger charge is -2.06. The summed E-state index contributed by atoms with van der Waals surface area (Å²) in [6, 6.07) is 22.8. The van der Waals surface area contributed by atoms with E-state index in [0.29, 0.717) is 11.1 Å². The highest BCUT2D eigenvalue weighted by molar-refractivity contribution is 5.85. The molecule has 4 aromatic rings. The fourth-order valence-electron chi connectivity index (χ4n) is 3.18. The van der Waals surface area contributed by atoms with E-state index in [-0.39, 0.29) is 5.63 Å². The third kappa shape index (κ3) is 4.06. The molecule has 0 fully saturated rings. The first kappa shape index (κ1) is 18.6. The average Bonchev–Trinajstić information content (AvgIpc) is 2.77. The molecule has 1 aromatic heterocycles. The monoisotopic (exact) mass is 384 g/mol. The lowest BCUT2D eigenvalue weighted by atomic mass is 10.0. The van der Waals surface area contributed by atoms with Crippen LogP contribution >= 0.6 is 0 Å². The van der Waals surface area contributed by atoms with Gasteiger partial charge in [-0.05, 0) is 47.0 Å². The van der Waals surface area contributed by atoms with Gasteiger partial charge in [-0.25, -0.2) is 4.79 Å². The summed E-state index contributed by atoms with van der Waals surface area (Å²) in [5.41, 5.74) is 3.58. The summed E-state index contributed by atoms with van der Waals surface area (Å²) in [6.45, 7) is 0. The van der Waals surface area contributed by atoms with E-state index >= 15 is 0 Å². The van der Waals surface area contributed by atoms with Crippen molar-refractivity contribution in [3.05, 3.63) is 94.3 Å². The fourth-order valence-corrected chi connectivity index (χ4v) is 3.18. The van der Waals surface area contributed by atoms with Crippen LogP contribution in [0.15, 0.2) is 82.0 Å². The topological polar surface area (TPSA) is 48.7 Å². The molecule has 0 amide bonds. The van der Waals surface area contributed by atoms with Gasteiger partial charge in [0, 0.05) is 11.5 Å². The van der Waals surface area contributed by atoms with Crippen molar-refractivity contribution in [1.82, 2.24) is 0 Å². The second-order valence-corrected chi connectivity index (χ2v) is 6.59. The predicted molar refractivity (Wildman–Crippen MR) is 116 cm³/mol. The molecule has 3 aromatic carbocycles. The highest BCUT2D eigenvalue weighted by Gasteiger charge is 2.07. The molecule has 0 N–H and O–H groups in total. The maximum absolute atomic E-state index is 12.3. The Morgan fingerprint density at radius 1 is 0.759 bits per heavy atom. The molecule has 4 nitrogen and oxygen atoms in total. The van der Waals surface area contributed by atoms with Crippen LogP contribution in [-0.4, -0.2) is 14.2 Å². The molecule has 0 saturated heterocycles. The summed E-state index contributed by atoms with van der Waals surface area (Å²) >= 11 is 0. The van der Waals surface area contributed by atoms with Crippen LogP contribution < -0.4 is 15.1 Å². The second kappa shape index (κ2) is 8.07. The Labute approximate surface area is 168 Å². The van der Waals surface area contributed by atoms with Crippen LogP contribution in [0.2, 0.25) is 0 Å². The number of benzene rings is 3. The Balaban J connectivity index is 1.71. The summed E-state index contributed by atoms with van der Waals surface area (Å²) in [5.74, 6) is 1.47. The van der Waals surface area contributed by atoms with Gasteiger partial charge in [0.25, 0.3) is 0 Å². The fraction of sp³-hybridized carbons (Fsp3) is 0.0800. The molecule has 0 aliphatic carbocycles. The number of ether oxygens (including phenoxy) is 2. The molecular formula is C25H20O4. The first-order valence-electron chi connectivity index (χ1n) is 9.21. The SMILES string of the molecule is COc1cc(/C=C/c2ccc3oc(=O)c(-c4ccccc4)cc3c2)cc(OC)c1. The molecule has 1 heterocycles. The number of fused-ring (bicyclic) bond motifs is 1. The summed E-state index contributed by atoms with van der Waals surface area (Å²) in [6.07, 6.45) is 3.99.